The van der Waals surface area contributed by atoms with E-state index in [4.69, 9.17) is 14.2 Å². The van der Waals surface area contributed by atoms with Crippen molar-refractivity contribution in [2.24, 2.45) is 5.92 Å². The minimum atomic E-state index is -0.763. The number of benzene rings is 1. The van der Waals surface area contributed by atoms with Crippen LogP contribution in [0.2, 0.25) is 0 Å². The molecule has 3 atom stereocenters. The Morgan fingerprint density at radius 1 is 1.09 bits per heavy atom. The number of methoxy groups -OCH3 is 1. The lowest BCUT2D eigenvalue weighted by Gasteiger charge is -2.25. The number of aromatic nitrogens is 1. The van der Waals surface area contributed by atoms with Crippen LogP contribution in [0.1, 0.15) is 67.2 Å². The number of pyridine rings is 1. The highest BCUT2D eigenvalue weighted by Gasteiger charge is 2.28. The van der Waals surface area contributed by atoms with Gasteiger partial charge >= 0.3 is 11.9 Å². The summed E-state index contributed by atoms with van der Waals surface area (Å²) in [5.41, 5.74) is 2.40. The van der Waals surface area contributed by atoms with Gasteiger partial charge in [-0.1, -0.05) is 13.8 Å². The highest BCUT2D eigenvalue weighted by Crippen LogP contribution is 2.32. The van der Waals surface area contributed by atoms with Crippen LogP contribution in [0, 0.1) is 25.6 Å². The molecule has 0 saturated carbocycles. The van der Waals surface area contributed by atoms with Gasteiger partial charge in [-0.25, -0.2) is 9.37 Å². The van der Waals surface area contributed by atoms with Gasteiger partial charge in [0.2, 0.25) is 5.75 Å². The molecule has 0 amide bonds. The number of carbonyl (C=O) groups is 3. The van der Waals surface area contributed by atoms with Gasteiger partial charge in [0.25, 0.3) is 0 Å². The summed E-state index contributed by atoms with van der Waals surface area (Å²) in [7, 11) is 1.38. The number of hydrogen-bond donors (Lipinski definition) is 0. The van der Waals surface area contributed by atoms with Crippen molar-refractivity contribution in [1.82, 2.24) is 4.98 Å². The summed E-state index contributed by atoms with van der Waals surface area (Å²) in [4.78, 5) is 41.0. The lowest BCUT2D eigenvalue weighted by molar-refractivity contribution is -0.153. The molecule has 0 bridgehead atoms. The van der Waals surface area contributed by atoms with Crippen molar-refractivity contribution in [3.8, 4) is 11.5 Å². The van der Waals surface area contributed by atoms with E-state index in [0.717, 1.165) is 16.7 Å². The van der Waals surface area contributed by atoms with E-state index in [2.05, 4.69) is 4.98 Å². The van der Waals surface area contributed by atoms with Gasteiger partial charge < -0.3 is 14.2 Å². The fourth-order valence-electron chi connectivity index (χ4n) is 3.77. The fourth-order valence-corrected chi connectivity index (χ4v) is 3.77. The highest BCUT2D eigenvalue weighted by atomic mass is 19.1. The van der Waals surface area contributed by atoms with E-state index >= 15 is 0 Å². The maximum atomic E-state index is 13.6. The number of nitrogens with zero attached hydrogens (tertiary/aromatic N) is 1. The molecule has 0 radical (unpaired) electrons. The second kappa shape index (κ2) is 11.0. The van der Waals surface area contributed by atoms with E-state index in [0.29, 0.717) is 0 Å². The van der Waals surface area contributed by atoms with E-state index in [-0.39, 0.29) is 35.3 Å². The van der Waals surface area contributed by atoms with E-state index in [1.54, 1.807) is 13.8 Å². The monoisotopic (exact) mass is 459 g/mol. The Hall–Kier alpha value is -3.29. The predicted molar refractivity (Wildman–Crippen MR) is 120 cm³/mol. The summed E-state index contributed by atoms with van der Waals surface area (Å²) in [6, 6.07) is 4.38. The molecule has 0 fully saturated rings. The number of halogens is 1. The van der Waals surface area contributed by atoms with Gasteiger partial charge in [0.05, 0.1) is 13.0 Å². The van der Waals surface area contributed by atoms with Gasteiger partial charge in [-0.3, -0.25) is 14.4 Å². The van der Waals surface area contributed by atoms with Crippen molar-refractivity contribution in [1.29, 1.82) is 0 Å². The summed E-state index contributed by atoms with van der Waals surface area (Å²) in [5, 5.41) is 0. The quantitative estimate of drug-likeness (QED) is 0.396. The maximum absolute atomic E-state index is 13.6. The average molecular weight is 460 g/mol. The zero-order valence-electron chi connectivity index (χ0n) is 20.0. The zero-order chi connectivity index (χ0) is 24.9. The molecule has 1 aromatic heterocycles. The Bertz CT molecular complexity index is 1030. The van der Waals surface area contributed by atoms with Crippen molar-refractivity contribution < 1.29 is 33.0 Å². The van der Waals surface area contributed by atoms with E-state index < -0.39 is 29.7 Å². The number of carbonyl (C=O) groups excluding carboxylic acids is 3. The van der Waals surface area contributed by atoms with Gasteiger partial charge in [-0.15, -0.1) is 0 Å². The second-order valence-corrected chi connectivity index (χ2v) is 8.20. The summed E-state index contributed by atoms with van der Waals surface area (Å²) in [6.07, 6.45) is 0.673. The molecule has 0 aliphatic carbocycles. The van der Waals surface area contributed by atoms with Gasteiger partial charge in [0.15, 0.2) is 17.2 Å². The van der Waals surface area contributed by atoms with Crippen LogP contribution >= 0.6 is 0 Å². The van der Waals surface area contributed by atoms with Crippen LogP contribution in [0.3, 0.4) is 0 Å². The van der Waals surface area contributed by atoms with Crippen molar-refractivity contribution in [3.05, 3.63) is 52.6 Å². The molecule has 0 spiro atoms. The molecule has 7 nitrogen and oxygen atoms in total. The Morgan fingerprint density at radius 2 is 1.70 bits per heavy atom. The minimum Gasteiger partial charge on any atom is -0.493 e. The molecule has 8 heteroatoms. The molecule has 0 N–H and O–H groups in total. The molecule has 1 aromatic carbocycles. The van der Waals surface area contributed by atoms with Gasteiger partial charge in [-0.2, -0.15) is 0 Å². The van der Waals surface area contributed by atoms with E-state index in [1.807, 2.05) is 20.8 Å². The number of esters is 2. The van der Waals surface area contributed by atoms with Crippen LogP contribution in [0.15, 0.2) is 24.4 Å². The topological polar surface area (TPSA) is 91.8 Å². The molecule has 178 valence electrons. The third kappa shape index (κ3) is 6.37. The van der Waals surface area contributed by atoms with Gasteiger partial charge in [-0.05, 0) is 49.6 Å². The SMILES string of the molecule is COc1ccnc(C(=O)C[C@@H](C)C(=O)O[C@@H](C)[C@@H](C)c2c(C)cc(F)cc2C)c1OC(C)=O. The summed E-state index contributed by atoms with van der Waals surface area (Å²) in [6.45, 7) is 10.1. The largest absolute Gasteiger partial charge is 0.493 e. The number of ether oxygens (including phenoxy) is 3. The zero-order valence-corrected chi connectivity index (χ0v) is 20.0. The molecule has 1 heterocycles. The first-order chi connectivity index (χ1) is 15.5. The fraction of sp³-hybridized carbons (Fsp3) is 0.440. The summed E-state index contributed by atoms with van der Waals surface area (Å²) in [5.74, 6) is -2.80. The van der Waals surface area contributed by atoms with Crippen LogP contribution in [-0.2, 0) is 14.3 Å². The second-order valence-electron chi connectivity index (χ2n) is 8.20. The Balaban J connectivity index is 2.12. The molecule has 0 saturated heterocycles. The van der Waals surface area contributed by atoms with Crippen molar-refractivity contribution in [2.75, 3.05) is 7.11 Å². The number of ketones is 1. The molecule has 2 aromatic rings. The third-order valence-corrected chi connectivity index (χ3v) is 5.51. The predicted octanol–water partition coefficient (Wildman–Crippen LogP) is 4.72. The van der Waals surface area contributed by atoms with Crippen LogP contribution < -0.4 is 9.47 Å². The van der Waals surface area contributed by atoms with Gasteiger partial charge in [0, 0.05) is 31.5 Å². The van der Waals surface area contributed by atoms with Crippen LogP contribution in [0.5, 0.6) is 11.5 Å². The Labute approximate surface area is 193 Å². The molecule has 33 heavy (non-hydrogen) atoms. The molecular weight excluding hydrogens is 429 g/mol. The molecule has 0 aliphatic rings. The minimum absolute atomic E-state index is 0.0812. The molecule has 0 aliphatic heterocycles. The van der Waals surface area contributed by atoms with E-state index in [9.17, 15) is 18.8 Å². The molecule has 0 unspecified atom stereocenters. The van der Waals surface area contributed by atoms with E-state index in [1.165, 1.54) is 38.4 Å². The number of rotatable bonds is 9. The lowest BCUT2D eigenvalue weighted by atomic mass is 9.88. The Kier molecular flexibility index (Phi) is 8.68. The maximum Gasteiger partial charge on any atom is 0.309 e. The molecule has 2 rings (SSSR count). The number of Topliss-reactive ketones (excluding diaryl/α,β-unsaturated/α-hetero) is 1. The standard InChI is InChI=1S/C25H30FNO6/c1-13-10-19(26)11-14(2)22(13)16(4)17(5)32-25(30)15(3)12-20(29)23-24(33-18(6)28)21(31-7)8-9-27-23/h8-11,15-17H,12H2,1-7H3/t15-,16-,17+/m1/s1. The van der Waals surface area contributed by atoms with Crippen molar-refractivity contribution >= 4 is 17.7 Å². The van der Waals surface area contributed by atoms with Gasteiger partial charge in [0.1, 0.15) is 11.9 Å². The molecular formula is C25H30FNO6. The van der Waals surface area contributed by atoms with Crippen molar-refractivity contribution in [3.63, 3.8) is 0 Å². The Morgan fingerprint density at radius 3 is 2.24 bits per heavy atom. The van der Waals surface area contributed by atoms with Crippen LogP contribution in [-0.4, -0.2) is 35.9 Å². The summed E-state index contributed by atoms with van der Waals surface area (Å²) < 4.78 is 29.5. The third-order valence-electron chi connectivity index (χ3n) is 5.51. The normalized spacial score (nSPS) is 13.6. The first kappa shape index (κ1) is 26.0. The highest BCUT2D eigenvalue weighted by molar-refractivity contribution is 5.99. The lowest BCUT2D eigenvalue weighted by Crippen LogP contribution is -2.27. The number of hydrogen-bond acceptors (Lipinski definition) is 7. The summed E-state index contributed by atoms with van der Waals surface area (Å²) >= 11 is 0. The van der Waals surface area contributed by atoms with Crippen LogP contribution in [0.4, 0.5) is 4.39 Å². The van der Waals surface area contributed by atoms with Crippen molar-refractivity contribution in [2.45, 2.75) is 60.0 Å². The van der Waals surface area contributed by atoms with Crippen LogP contribution in [0.25, 0.3) is 0 Å². The first-order valence-electron chi connectivity index (χ1n) is 10.7. The average Bonchev–Trinajstić information content (AvgIpc) is 2.72. The first-order valence-corrected chi connectivity index (χ1v) is 10.7. The smallest absolute Gasteiger partial charge is 0.309 e. The number of aryl methyl sites for hydroxylation is 2.